The van der Waals surface area contributed by atoms with Gasteiger partial charge in [0.15, 0.2) is 0 Å². The van der Waals surface area contributed by atoms with Gasteiger partial charge in [-0.1, -0.05) is 36.4 Å². The van der Waals surface area contributed by atoms with E-state index in [1.807, 2.05) is 24.3 Å². The predicted octanol–water partition coefficient (Wildman–Crippen LogP) is 2.85. The van der Waals surface area contributed by atoms with E-state index in [2.05, 4.69) is 0 Å². The van der Waals surface area contributed by atoms with Crippen LogP contribution in [0.4, 0.5) is 0 Å². The van der Waals surface area contributed by atoms with E-state index in [9.17, 15) is 13.2 Å². The molecule has 3 aromatic rings. The fraction of sp³-hybridized carbons (Fsp3) is 0.0526. The van der Waals surface area contributed by atoms with Crippen molar-refractivity contribution in [2.24, 2.45) is 5.73 Å². The summed E-state index contributed by atoms with van der Waals surface area (Å²) in [5.74, 6) is 0.124. The van der Waals surface area contributed by atoms with Crippen molar-refractivity contribution < 1.29 is 22.5 Å². The van der Waals surface area contributed by atoms with Gasteiger partial charge < -0.3 is 10.5 Å². The third-order valence-electron chi connectivity index (χ3n) is 3.34. The van der Waals surface area contributed by atoms with Crippen LogP contribution in [0.1, 0.15) is 15.9 Å². The van der Waals surface area contributed by atoms with Crippen LogP contribution in [0.5, 0.6) is 5.75 Å². The smallest absolute Gasteiger partial charge is 0.343 e. The fourth-order valence-corrected chi connectivity index (χ4v) is 2.20. The highest BCUT2D eigenvalue weighted by molar-refractivity contribution is 7.85. The minimum atomic E-state index is -3.67. The van der Waals surface area contributed by atoms with Crippen molar-refractivity contribution in [1.29, 1.82) is 5.41 Å². The summed E-state index contributed by atoms with van der Waals surface area (Å²) in [4.78, 5) is 12.0. The first-order valence-electron chi connectivity index (χ1n) is 7.71. The molecule has 0 spiro atoms. The first-order valence-corrected chi connectivity index (χ1v) is 9.56. The normalized spacial score (nSPS) is 10.6. The molecule has 0 aliphatic carbocycles. The number of nitrogens with two attached hydrogens (primary N) is 1. The van der Waals surface area contributed by atoms with Crippen molar-refractivity contribution in [3.63, 3.8) is 0 Å². The Bertz CT molecular complexity index is 1070. The first-order chi connectivity index (χ1) is 12.6. The molecule has 0 fully saturated rings. The summed E-state index contributed by atoms with van der Waals surface area (Å²) in [5, 5.41) is 9.31. The molecular weight excluding hydrogens is 368 g/mol. The molecule has 0 bridgehead atoms. The molecule has 4 N–H and O–H groups in total. The number of hydrogen-bond acceptors (Lipinski definition) is 5. The molecule has 0 heterocycles. The molecule has 0 radical (unpaired) electrons. The SMILES string of the molecule is CS(=O)(=O)O.N=C(N)c1ccc2cc(OC(=O)c3ccccc3)ccc2c1. The monoisotopic (exact) mass is 386 g/mol. The quantitative estimate of drug-likeness (QED) is 0.209. The Morgan fingerprint density at radius 1 is 0.963 bits per heavy atom. The number of esters is 1. The third kappa shape index (κ3) is 6.53. The van der Waals surface area contributed by atoms with Gasteiger partial charge >= 0.3 is 5.97 Å². The van der Waals surface area contributed by atoms with E-state index < -0.39 is 10.1 Å². The molecule has 3 rings (SSSR count). The van der Waals surface area contributed by atoms with Gasteiger partial charge in [-0.15, -0.1) is 0 Å². The summed E-state index contributed by atoms with van der Waals surface area (Å²) in [7, 11) is -3.67. The molecule has 0 saturated heterocycles. The molecule has 27 heavy (non-hydrogen) atoms. The van der Waals surface area contributed by atoms with Crippen LogP contribution in [-0.2, 0) is 10.1 Å². The lowest BCUT2D eigenvalue weighted by Crippen LogP contribution is -2.10. The maximum atomic E-state index is 12.0. The van der Waals surface area contributed by atoms with Crippen molar-refractivity contribution in [3.05, 3.63) is 77.9 Å². The van der Waals surface area contributed by atoms with E-state index in [-0.39, 0.29) is 11.8 Å². The second-order valence-corrected chi connectivity index (χ2v) is 7.09. The zero-order valence-corrected chi connectivity index (χ0v) is 15.2. The molecular formula is C19H18N2O5S. The van der Waals surface area contributed by atoms with E-state index in [1.165, 1.54) is 0 Å². The van der Waals surface area contributed by atoms with Gasteiger partial charge in [-0.05, 0) is 41.1 Å². The summed E-state index contributed by atoms with van der Waals surface area (Å²) in [6.45, 7) is 0. The average Bonchev–Trinajstić information content (AvgIpc) is 2.60. The van der Waals surface area contributed by atoms with Crippen molar-refractivity contribution >= 4 is 32.7 Å². The number of nitrogens with one attached hydrogen (secondary N) is 1. The van der Waals surface area contributed by atoms with Crippen LogP contribution >= 0.6 is 0 Å². The summed E-state index contributed by atoms with van der Waals surface area (Å²) < 4.78 is 31.2. The van der Waals surface area contributed by atoms with Crippen LogP contribution in [-0.4, -0.2) is 31.0 Å². The average molecular weight is 386 g/mol. The van der Waals surface area contributed by atoms with E-state index in [1.54, 1.807) is 42.5 Å². The Labute approximate surface area is 156 Å². The van der Waals surface area contributed by atoms with Crippen LogP contribution in [0, 0.1) is 5.41 Å². The number of carbonyl (C=O) groups excluding carboxylic acids is 1. The molecule has 0 aliphatic heterocycles. The standard InChI is InChI=1S/C18H14N2O2.CH4O3S/c19-17(20)15-7-6-14-11-16(9-8-13(14)10-15)22-18(21)12-4-2-1-3-5-12;1-5(2,3)4/h1-11H,(H3,19,20);1H3,(H,2,3,4). The number of carbonyl (C=O) groups is 1. The first kappa shape index (κ1) is 20.1. The van der Waals surface area contributed by atoms with Crippen molar-refractivity contribution in [1.82, 2.24) is 0 Å². The lowest BCUT2D eigenvalue weighted by atomic mass is 10.1. The van der Waals surface area contributed by atoms with Gasteiger partial charge in [0.05, 0.1) is 11.8 Å². The lowest BCUT2D eigenvalue weighted by molar-refractivity contribution is 0.0735. The predicted molar refractivity (Wildman–Crippen MR) is 104 cm³/mol. The van der Waals surface area contributed by atoms with E-state index >= 15 is 0 Å². The molecule has 0 aliphatic rings. The van der Waals surface area contributed by atoms with E-state index in [0.717, 1.165) is 10.8 Å². The molecule has 0 amide bonds. The highest BCUT2D eigenvalue weighted by Crippen LogP contribution is 2.22. The van der Waals surface area contributed by atoms with Crippen LogP contribution in [0.25, 0.3) is 10.8 Å². The Kier molecular flexibility index (Phi) is 6.27. The molecule has 3 aromatic carbocycles. The largest absolute Gasteiger partial charge is 0.423 e. The van der Waals surface area contributed by atoms with Gasteiger partial charge in [0.1, 0.15) is 11.6 Å². The second kappa shape index (κ2) is 8.43. The molecule has 0 saturated carbocycles. The second-order valence-electron chi connectivity index (χ2n) is 5.63. The molecule has 0 aromatic heterocycles. The van der Waals surface area contributed by atoms with E-state index in [4.69, 9.17) is 20.4 Å². The van der Waals surface area contributed by atoms with Crippen LogP contribution in [0.2, 0.25) is 0 Å². The summed E-state index contributed by atoms with van der Waals surface area (Å²) in [6, 6.07) is 19.7. The fourth-order valence-electron chi connectivity index (χ4n) is 2.20. The van der Waals surface area contributed by atoms with Crippen LogP contribution in [0.15, 0.2) is 66.7 Å². The number of hydrogen-bond donors (Lipinski definition) is 3. The summed E-state index contributed by atoms with van der Waals surface area (Å²) in [5.41, 5.74) is 6.66. The topological polar surface area (TPSA) is 131 Å². The molecule has 0 unspecified atom stereocenters. The number of nitrogen functional groups attached to an aromatic ring is 1. The zero-order chi connectivity index (χ0) is 20.0. The van der Waals surface area contributed by atoms with Gasteiger partial charge in [-0.3, -0.25) is 9.96 Å². The van der Waals surface area contributed by atoms with Crippen molar-refractivity contribution in [2.45, 2.75) is 0 Å². The van der Waals surface area contributed by atoms with Gasteiger partial charge in [0, 0.05) is 5.56 Å². The summed E-state index contributed by atoms with van der Waals surface area (Å²) in [6.07, 6.45) is 0.715. The number of benzene rings is 3. The number of rotatable bonds is 3. The Morgan fingerprint density at radius 2 is 1.52 bits per heavy atom. The molecule has 7 nitrogen and oxygen atoms in total. The van der Waals surface area contributed by atoms with Crippen molar-refractivity contribution in [2.75, 3.05) is 6.26 Å². The lowest BCUT2D eigenvalue weighted by Gasteiger charge is -2.07. The minimum absolute atomic E-state index is 0.0291. The molecule has 8 heteroatoms. The number of amidine groups is 1. The van der Waals surface area contributed by atoms with Crippen molar-refractivity contribution in [3.8, 4) is 5.75 Å². The van der Waals surface area contributed by atoms with E-state index in [0.29, 0.717) is 23.1 Å². The minimum Gasteiger partial charge on any atom is -0.423 e. The van der Waals surface area contributed by atoms with Gasteiger partial charge in [0.25, 0.3) is 10.1 Å². The Balaban J connectivity index is 0.000000465. The number of ether oxygens (including phenoxy) is 1. The van der Waals surface area contributed by atoms with Gasteiger partial charge in [0.2, 0.25) is 0 Å². The van der Waals surface area contributed by atoms with Crippen LogP contribution < -0.4 is 10.5 Å². The maximum Gasteiger partial charge on any atom is 0.343 e. The number of fused-ring (bicyclic) bond motifs is 1. The highest BCUT2D eigenvalue weighted by Gasteiger charge is 2.08. The highest BCUT2D eigenvalue weighted by atomic mass is 32.2. The van der Waals surface area contributed by atoms with Crippen LogP contribution in [0.3, 0.4) is 0 Å². The zero-order valence-electron chi connectivity index (χ0n) is 14.4. The Morgan fingerprint density at radius 3 is 2.11 bits per heavy atom. The Hall–Kier alpha value is -3.23. The molecule has 0 atom stereocenters. The van der Waals surface area contributed by atoms with Gasteiger partial charge in [-0.25, -0.2) is 4.79 Å². The maximum absolute atomic E-state index is 12.0. The van der Waals surface area contributed by atoms with Gasteiger partial charge in [-0.2, -0.15) is 8.42 Å². The summed E-state index contributed by atoms with van der Waals surface area (Å²) >= 11 is 0. The molecule has 140 valence electrons. The third-order valence-corrected chi connectivity index (χ3v) is 3.34.